The first kappa shape index (κ1) is 13.5. The highest BCUT2D eigenvalue weighted by Gasteiger charge is 2.29. The number of hydrogen-bond acceptors (Lipinski definition) is 4. The number of rotatable bonds is 5. The minimum absolute atomic E-state index is 0.223. The molecule has 0 aromatic rings. The molecule has 16 heavy (non-hydrogen) atoms. The van der Waals surface area contributed by atoms with Gasteiger partial charge in [-0.05, 0) is 32.6 Å². The predicted octanol–water partition coefficient (Wildman–Crippen LogP) is 1.63. The van der Waals surface area contributed by atoms with Crippen molar-refractivity contribution in [2.24, 2.45) is 11.3 Å². The molecule has 4 heteroatoms. The smallest absolute Gasteiger partial charge is 0.313 e. The number of esters is 1. The van der Waals surface area contributed by atoms with E-state index in [0.717, 1.165) is 26.1 Å². The molecule has 0 saturated carbocycles. The normalized spacial score (nSPS) is 18.4. The third-order valence-corrected chi connectivity index (χ3v) is 2.90. The SMILES string of the molecule is COC(=O)C(C)(C)COCC1CCOCC1. The fourth-order valence-electron chi connectivity index (χ4n) is 1.73. The molecule has 0 spiro atoms. The standard InChI is InChI=1S/C12H22O4/c1-12(2,11(13)14-3)9-16-8-10-4-6-15-7-5-10/h10H,4-9H2,1-3H3. The maximum Gasteiger partial charge on any atom is 0.313 e. The quantitative estimate of drug-likeness (QED) is 0.673. The second-order valence-electron chi connectivity index (χ2n) is 4.95. The minimum atomic E-state index is -0.556. The highest BCUT2D eigenvalue weighted by molar-refractivity contribution is 5.75. The molecule has 1 aliphatic heterocycles. The van der Waals surface area contributed by atoms with Crippen LogP contribution in [0.5, 0.6) is 0 Å². The molecule has 4 nitrogen and oxygen atoms in total. The van der Waals surface area contributed by atoms with Crippen LogP contribution in [-0.4, -0.2) is 39.5 Å². The molecule has 0 amide bonds. The topological polar surface area (TPSA) is 44.8 Å². The highest BCUT2D eigenvalue weighted by atomic mass is 16.5. The van der Waals surface area contributed by atoms with Gasteiger partial charge in [-0.1, -0.05) is 0 Å². The van der Waals surface area contributed by atoms with Gasteiger partial charge in [-0.2, -0.15) is 0 Å². The Bertz CT molecular complexity index is 219. The second-order valence-corrected chi connectivity index (χ2v) is 4.95. The van der Waals surface area contributed by atoms with Gasteiger partial charge in [0.15, 0.2) is 0 Å². The van der Waals surface area contributed by atoms with Crippen LogP contribution in [0.1, 0.15) is 26.7 Å². The summed E-state index contributed by atoms with van der Waals surface area (Å²) in [5, 5.41) is 0. The molecule has 0 aromatic heterocycles. The van der Waals surface area contributed by atoms with Crippen molar-refractivity contribution < 1.29 is 19.0 Å². The molecular formula is C12H22O4. The summed E-state index contributed by atoms with van der Waals surface area (Å²) >= 11 is 0. The first-order chi connectivity index (χ1) is 7.56. The molecule has 0 radical (unpaired) electrons. The maximum atomic E-state index is 11.4. The first-order valence-electron chi connectivity index (χ1n) is 5.80. The highest BCUT2D eigenvalue weighted by Crippen LogP contribution is 2.20. The Morgan fingerprint density at radius 1 is 1.38 bits per heavy atom. The summed E-state index contributed by atoms with van der Waals surface area (Å²) in [6.07, 6.45) is 2.11. The molecule has 0 N–H and O–H groups in total. The molecule has 0 atom stereocenters. The van der Waals surface area contributed by atoms with E-state index in [1.807, 2.05) is 13.8 Å². The van der Waals surface area contributed by atoms with E-state index in [4.69, 9.17) is 14.2 Å². The van der Waals surface area contributed by atoms with Crippen LogP contribution in [0.4, 0.5) is 0 Å². The number of ether oxygens (including phenoxy) is 3. The van der Waals surface area contributed by atoms with Gasteiger partial charge in [0.25, 0.3) is 0 Å². The van der Waals surface area contributed by atoms with Crippen molar-refractivity contribution >= 4 is 5.97 Å². The Balaban J connectivity index is 2.20. The van der Waals surface area contributed by atoms with Gasteiger partial charge in [-0.25, -0.2) is 0 Å². The molecule has 1 heterocycles. The largest absolute Gasteiger partial charge is 0.469 e. The van der Waals surface area contributed by atoms with Crippen LogP contribution >= 0.6 is 0 Å². The van der Waals surface area contributed by atoms with Crippen LogP contribution in [-0.2, 0) is 19.0 Å². The Kier molecular flexibility index (Phi) is 5.22. The van der Waals surface area contributed by atoms with Crippen LogP contribution in [0.15, 0.2) is 0 Å². The zero-order valence-corrected chi connectivity index (χ0v) is 10.5. The lowest BCUT2D eigenvalue weighted by Crippen LogP contribution is -2.32. The summed E-state index contributed by atoms with van der Waals surface area (Å²) in [4.78, 5) is 11.4. The summed E-state index contributed by atoms with van der Waals surface area (Å²) < 4.78 is 15.6. The Morgan fingerprint density at radius 3 is 2.56 bits per heavy atom. The van der Waals surface area contributed by atoms with Gasteiger partial charge in [0, 0.05) is 19.8 Å². The van der Waals surface area contributed by atoms with E-state index in [-0.39, 0.29) is 5.97 Å². The summed E-state index contributed by atoms with van der Waals surface area (Å²) in [6, 6.07) is 0. The van der Waals surface area contributed by atoms with Gasteiger partial charge in [0.1, 0.15) is 0 Å². The monoisotopic (exact) mass is 230 g/mol. The van der Waals surface area contributed by atoms with Crippen molar-refractivity contribution in [3.63, 3.8) is 0 Å². The third-order valence-electron chi connectivity index (χ3n) is 2.90. The van der Waals surface area contributed by atoms with E-state index in [1.165, 1.54) is 7.11 Å². The summed E-state index contributed by atoms with van der Waals surface area (Å²) in [5.74, 6) is 0.349. The Hall–Kier alpha value is -0.610. The van der Waals surface area contributed by atoms with Crippen LogP contribution in [0.3, 0.4) is 0 Å². The van der Waals surface area contributed by atoms with Gasteiger partial charge in [-0.15, -0.1) is 0 Å². The third kappa shape index (κ3) is 4.10. The molecule has 94 valence electrons. The molecular weight excluding hydrogens is 208 g/mol. The summed E-state index contributed by atoms with van der Waals surface area (Å²) in [7, 11) is 1.41. The molecule has 0 bridgehead atoms. The van der Waals surface area contributed by atoms with E-state index in [0.29, 0.717) is 19.1 Å². The van der Waals surface area contributed by atoms with Crippen molar-refractivity contribution in [3.8, 4) is 0 Å². The summed E-state index contributed by atoms with van der Waals surface area (Å²) in [5.41, 5.74) is -0.556. The van der Waals surface area contributed by atoms with Gasteiger partial charge < -0.3 is 14.2 Å². The lowest BCUT2D eigenvalue weighted by atomic mass is 9.95. The van der Waals surface area contributed by atoms with Gasteiger partial charge >= 0.3 is 5.97 Å². The number of methoxy groups -OCH3 is 1. The molecule has 1 aliphatic rings. The fraction of sp³-hybridized carbons (Fsp3) is 0.917. The average molecular weight is 230 g/mol. The van der Waals surface area contributed by atoms with Gasteiger partial charge in [-0.3, -0.25) is 4.79 Å². The van der Waals surface area contributed by atoms with Crippen molar-refractivity contribution in [3.05, 3.63) is 0 Å². The van der Waals surface area contributed by atoms with E-state index < -0.39 is 5.41 Å². The van der Waals surface area contributed by atoms with Crippen LogP contribution < -0.4 is 0 Å². The zero-order chi connectivity index (χ0) is 12.0. The number of carbonyl (C=O) groups excluding carboxylic acids is 1. The van der Waals surface area contributed by atoms with E-state index >= 15 is 0 Å². The Morgan fingerprint density at radius 2 is 2.00 bits per heavy atom. The predicted molar refractivity (Wildman–Crippen MR) is 60.2 cm³/mol. The van der Waals surface area contributed by atoms with Crippen molar-refractivity contribution in [2.75, 3.05) is 33.5 Å². The van der Waals surface area contributed by atoms with E-state index in [9.17, 15) is 4.79 Å². The number of carbonyl (C=O) groups is 1. The lowest BCUT2D eigenvalue weighted by molar-refractivity contribution is -0.154. The Labute approximate surface area is 97.2 Å². The number of hydrogen-bond donors (Lipinski definition) is 0. The molecule has 0 unspecified atom stereocenters. The summed E-state index contributed by atoms with van der Waals surface area (Å²) in [6.45, 7) is 6.45. The molecule has 0 aliphatic carbocycles. The van der Waals surface area contributed by atoms with Crippen LogP contribution in [0.25, 0.3) is 0 Å². The molecule has 1 saturated heterocycles. The zero-order valence-electron chi connectivity index (χ0n) is 10.5. The van der Waals surface area contributed by atoms with Crippen LogP contribution in [0, 0.1) is 11.3 Å². The van der Waals surface area contributed by atoms with Gasteiger partial charge in [0.2, 0.25) is 0 Å². The molecule has 1 fully saturated rings. The second kappa shape index (κ2) is 6.21. The fourth-order valence-corrected chi connectivity index (χ4v) is 1.73. The van der Waals surface area contributed by atoms with E-state index in [1.54, 1.807) is 0 Å². The van der Waals surface area contributed by atoms with Crippen molar-refractivity contribution in [2.45, 2.75) is 26.7 Å². The lowest BCUT2D eigenvalue weighted by Gasteiger charge is -2.25. The van der Waals surface area contributed by atoms with E-state index in [2.05, 4.69) is 0 Å². The maximum absolute atomic E-state index is 11.4. The molecule has 0 aromatic carbocycles. The van der Waals surface area contributed by atoms with Crippen molar-refractivity contribution in [1.29, 1.82) is 0 Å². The minimum Gasteiger partial charge on any atom is -0.469 e. The molecule has 1 rings (SSSR count). The van der Waals surface area contributed by atoms with Crippen LogP contribution in [0.2, 0.25) is 0 Å². The van der Waals surface area contributed by atoms with Crippen molar-refractivity contribution in [1.82, 2.24) is 0 Å². The van der Waals surface area contributed by atoms with Gasteiger partial charge in [0.05, 0.1) is 19.1 Å². The first-order valence-corrected chi connectivity index (χ1v) is 5.80. The average Bonchev–Trinajstić information content (AvgIpc) is 2.29.